The van der Waals surface area contributed by atoms with E-state index in [0.29, 0.717) is 11.1 Å². The molecule has 3 atom stereocenters. The van der Waals surface area contributed by atoms with Gasteiger partial charge in [0, 0.05) is 41.4 Å². The molecular weight excluding hydrogens is 647 g/mol. The van der Waals surface area contributed by atoms with Gasteiger partial charge in [0.2, 0.25) is 11.8 Å². The first-order valence-corrected chi connectivity index (χ1v) is 17.2. The van der Waals surface area contributed by atoms with Crippen molar-refractivity contribution in [2.45, 2.75) is 37.5 Å². The summed E-state index contributed by atoms with van der Waals surface area (Å²) in [5.41, 5.74) is 12.7. The number of benzene rings is 4. The molecule has 5 aromatic rings. The lowest BCUT2D eigenvalue weighted by Gasteiger charge is -2.24. The van der Waals surface area contributed by atoms with Gasteiger partial charge in [0.15, 0.2) is 0 Å². The molecule has 2 aliphatic rings. The van der Waals surface area contributed by atoms with Crippen LogP contribution in [-0.4, -0.2) is 46.5 Å². The van der Waals surface area contributed by atoms with Crippen LogP contribution in [0.3, 0.4) is 0 Å². The molecule has 1 aliphatic heterocycles. The maximum atomic E-state index is 13.8. The number of rotatable bonds is 10. The number of hydrogen-bond acceptors (Lipinski definition) is 7. The van der Waals surface area contributed by atoms with E-state index >= 15 is 0 Å². The number of hydrogen-bond donors (Lipinski definition) is 5. The first-order valence-electron chi connectivity index (χ1n) is 15.7. The van der Waals surface area contributed by atoms with Gasteiger partial charge in [-0.15, -0.1) is 0 Å². The number of alkyl carbamates (subject to hydrolysis) is 1. The second-order valence-corrected chi connectivity index (χ2v) is 13.4. The van der Waals surface area contributed by atoms with Crippen LogP contribution < -0.4 is 20.9 Å². The molecule has 4 aromatic carbocycles. The number of ether oxygens (including phenoxy) is 1. The van der Waals surface area contributed by atoms with Crippen LogP contribution in [0.1, 0.15) is 33.7 Å². The number of H-pyrrole nitrogens is 1. The lowest BCUT2D eigenvalue weighted by atomic mass is 9.98. The Labute approximate surface area is 281 Å². The van der Waals surface area contributed by atoms with Gasteiger partial charge in [-0.2, -0.15) is 0 Å². The molecule has 7 rings (SSSR count). The zero-order valence-electron chi connectivity index (χ0n) is 26.1. The monoisotopic (exact) mass is 680 g/mol. The van der Waals surface area contributed by atoms with Gasteiger partial charge in [0.1, 0.15) is 24.4 Å². The van der Waals surface area contributed by atoms with Crippen LogP contribution in [0.5, 0.6) is 5.75 Å². The highest BCUT2D eigenvalue weighted by atomic mass is 31.2. The Balaban J connectivity index is 1.10. The van der Waals surface area contributed by atoms with Crippen LogP contribution in [0.2, 0.25) is 0 Å². The molecule has 6 N–H and O–H groups in total. The molecule has 49 heavy (non-hydrogen) atoms. The molecule has 13 heteroatoms. The summed E-state index contributed by atoms with van der Waals surface area (Å²) in [5, 5.41) is 6.30. The molecule has 0 bridgehead atoms. The van der Waals surface area contributed by atoms with Crippen molar-refractivity contribution in [3.63, 3.8) is 0 Å². The van der Waals surface area contributed by atoms with E-state index in [1.165, 1.54) is 6.07 Å². The van der Waals surface area contributed by atoms with Crippen molar-refractivity contribution in [1.82, 2.24) is 15.6 Å². The minimum absolute atomic E-state index is 0.0152. The van der Waals surface area contributed by atoms with Crippen molar-refractivity contribution < 1.29 is 37.6 Å². The van der Waals surface area contributed by atoms with Gasteiger partial charge in [-0.05, 0) is 51.6 Å². The molecule has 1 aromatic heterocycles. The number of aromatic amines is 1. The Hall–Kier alpha value is -5.42. The summed E-state index contributed by atoms with van der Waals surface area (Å²) in [6.45, 7) is -0.143. The van der Waals surface area contributed by atoms with E-state index < -0.39 is 37.8 Å². The number of carbonyl (C=O) groups is 3. The van der Waals surface area contributed by atoms with Crippen LogP contribution in [0.15, 0.2) is 97.2 Å². The summed E-state index contributed by atoms with van der Waals surface area (Å²) < 4.78 is 27.6. The topological polar surface area (TPSA) is 182 Å². The smallest absolute Gasteiger partial charge is 0.449 e. The van der Waals surface area contributed by atoms with Crippen molar-refractivity contribution in [3.05, 3.63) is 125 Å². The highest BCUT2D eigenvalue weighted by Crippen LogP contribution is 2.50. The van der Waals surface area contributed by atoms with Gasteiger partial charge in [-0.25, -0.2) is 9.36 Å². The average Bonchev–Trinajstić information content (AvgIpc) is 3.65. The fourth-order valence-electron chi connectivity index (χ4n) is 6.51. The second-order valence-electron chi connectivity index (χ2n) is 12.0. The number of carbonyl (C=O) groups excluding carboxylic acids is 3. The molecule has 0 spiro atoms. The minimum Gasteiger partial charge on any atom is -0.449 e. The number of phosphoric ester groups is 1. The molecule has 250 valence electrons. The summed E-state index contributed by atoms with van der Waals surface area (Å²) in [6.07, 6.45) is 1.05. The van der Waals surface area contributed by atoms with E-state index in [9.17, 15) is 23.8 Å². The van der Waals surface area contributed by atoms with Gasteiger partial charge in [-0.1, -0.05) is 72.8 Å². The van der Waals surface area contributed by atoms with E-state index in [1.807, 2.05) is 72.8 Å². The highest BCUT2D eigenvalue weighted by molar-refractivity contribution is 7.47. The number of amides is 3. The van der Waals surface area contributed by atoms with Crippen molar-refractivity contribution in [1.29, 1.82) is 0 Å². The van der Waals surface area contributed by atoms with Crippen molar-refractivity contribution >= 4 is 36.6 Å². The van der Waals surface area contributed by atoms with E-state index in [-0.39, 0.29) is 37.7 Å². The summed E-state index contributed by atoms with van der Waals surface area (Å²) in [7, 11) is -4.20. The quantitative estimate of drug-likeness (QED) is 0.130. The van der Waals surface area contributed by atoms with Crippen LogP contribution in [0.25, 0.3) is 22.0 Å². The lowest BCUT2D eigenvalue weighted by molar-refractivity contribution is -0.128. The summed E-state index contributed by atoms with van der Waals surface area (Å²) in [6, 6.07) is 26.0. The summed E-state index contributed by atoms with van der Waals surface area (Å²) in [4.78, 5) is 52.6. The fraction of sp³-hybridized carbons (Fsp3) is 0.194. The third kappa shape index (κ3) is 6.80. The predicted octanol–water partition coefficient (Wildman–Crippen LogP) is 4.84. The number of primary amides is 1. The van der Waals surface area contributed by atoms with Crippen molar-refractivity contribution in [2.75, 3.05) is 6.61 Å². The Morgan fingerprint density at radius 2 is 1.61 bits per heavy atom. The number of fused-ring (bicyclic) bond motifs is 5. The molecule has 2 heterocycles. The first-order chi connectivity index (χ1) is 23.6. The highest BCUT2D eigenvalue weighted by Gasteiger charge is 2.33. The van der Waals surface area contributed by atoms with Gasteiger partial charge in [0.05, 0.1) is 6.61 Å². The summed E-state index contributed by atoms with van der Waals surface area (Å²) >= 11 is 0. The number of aromatic nitrogens is 1. The van der Waals surface area contributed by atoms with Crippen LogP contribution in [0.4, 0.5) is 4.79 Å². The minimum atomic E-state index is -4.20. The number of para-hydroxylation sites is 1. The molecule has 3 amide bonds. The van der Waals surface area contributed by atoms with Crippen molar-refractivity contribution in [2.24, 2.45) is 5.73 Å². The predicted molar refractivity (Wildman–Crippen MR) is 181 cm³/mol. The SMILES string of the molecule is NC(=O)[C@H](Cc1c[nH]c2ccccc12)NC(=O)[C@H](Cc1ccc2c(c1)COP(=O)(O)O2)NC(=O)OCC1c2ccccc2-c2ccccc21. The number of nitrogens with one attached hydrogen (secondary N) is 3. The first kappa shape index (κ1) is 32.1. The van der Waals surface area contributed by atoms with Gasteiger partial charge < -0.3 is 30.6 Å². The van der Waals surface area contributed by atoms with Gasteiger partial charge in [0.25, 0.3) is 0 Å². The fourth-order valence-corrected chi connectivity index (χ4v) is 7.29. The Morgan fingerprint density at radius 3 is 2.35 bits per heavy atom. The maximum Gasteiger partial charge on any atom is 0.527 e. The standard InChI is InChI=1S/C36H33N4O8P/c37-34(41)31(17-22-18-38-30-12-6-5-7-24(22)30)39-35(42)32(16-21-13-14-33-23(15-21)19-47-49(44,45)48-33)40-36(43)46-20-29-27-10-3-1-8-25(27)26-9-2-4-11-28(26)29/h1-15,18,29,31-32,38H,16-17,19-20H2,(H2,37,41)(H,39,42)(H,40,43)(H,44,45)/t31-,32-/m0/s1. The molecule has 0 saturated heterocycles. The van der Waals surface area contributed by atoms with Crippen LogP contribution in [0, 0.1) is 0 Å². The van der Waals surface area contributed by atoms with E-state index in [2.05, 4.69) is 15.6 Å². The maximum absolute atomic E-state index is 13.8. The van der Waals surface area contributed by atoms with E-state index in [0.717, 1.165) is 38.7 Å². The molecule has 0 fully saturated rings. The molecular formula is C36H33N4O8P. The summed E-state index contributed by atoms with van der Waals surface area (Å²) in [5.74, 6) is -1.40. The van der Waals surface area contributed by atoms with Gasteiger partial charge >= 0.3 is 13.9 Å². The molecule has 12 nitrogen and oxygen atoms in total. The second kappa shape index (κ2) is 13.2. The molecule has 1 unspecified atom stereocenters. The van der Waals surface area contributed by atoms with Gasteiger partial charge in [-0.3, -0.25) is 19.0 Å². The Morgan fingerprint density at radius 1 is 0.918 bits per heavy atom. The van der Waals surface area contributed by atoms with Crippen LogP contribution in [-0.2, 0) is 42.9 Å². The largest absolute Gasteiger partial charge is 0.527 e. The third-order valence-corrected chi connectivity index (χ3v) is 9.76. The zero-order chi connectivity index (χ0) is 34.1. The third-order valence-electron chi connectivity index (χ3n) is 8.87. The Bertz CT molecular complexity index is 2090. The van der Waals surface area contributed by atoms with E-state index in [4.69, 9.17) is 19.5 Å². The zero-order valence-corrected chi connectivity index (χ0v) is 27.0. The lowest BCUT2D eigenvalue weighted by Crippen LogP contribution is -2.54. The van der Waals surface area contributed by atoms with E-state index in [1.54, 1.807) is 18.3 Å². The number of nitrogens with two attached hydrogens (primary N) is 1. The molecule has 0 radical (unpaired) electrons. The molecule has 0 saturated carbocycles. The molecule has 1 aliphatic carbocycles. The Kier molecular flexibility index (Phi) is 8.68. The van der Waals surface area contributed by atoms with Crippen LogP contribution >= 0.6 is 7.82 Å². The van der Waals surface area contributed by atoms with Crippen molar-refractivity contribution in [3.8, 4) is 16.9 Å². The average molecular weight is 681 g/mol. The number of phosphoric acid groups is 1. The normalized spacial score (nSPS) is 17.6.